The van der Waals surface area contributed by atoms with E-state index < -0.39 is 4.33 Å². The standard InChI is InChI=1S/C15H14Cl2FN3S/c16-15(17)7-9(15)8-22-14-20-19-13(21(14)10-5-6-10)11-3-1-2-4-12(11)18/h1-4,9-10H,5-8H2/t9-/m0/s1. The van der Waals surface area contributed by atoms with Gasteiger partial charge in [-0.1, -0.05) is 23.9 Å². The molecule has 2 fully saturated rings. The maximum Gasteiger partial charge on any atom is 0.191 e. The maximum absolute atomic E-state index is 14.1. The minimum atomic E-state index is -0.578. The lowest BCUT2D eigenvalue weighted by molar-refractivity contribution is 0.622. The number of hydrogen-bond acceptors (Lipinski definition) is 3. The molecule has 0 radical (unpaired) electrons. The first kappa shape index (κ1) is 14.8. The second-order valence-corrected chi connectivity index (χ2v) is 8.39. The van der Waals surface area contributed by atoms with Crippen molar-refractivity contribution in [1.82, 2.24) is 14.8 Å². The van der Waals surface area contributed by atoms with Crippen molar-refractivity contribution in [2.75, 3.05) is 5.75 Å². The number of benzene rings is 1. The first-order valence-corrected chi connectivity index (χ1v) is 9.01. The fraction of sp³-hybridized carbons (Fsp3) is 0.467. The van der Waals surface area contributed by atoms with Crippen LogP contribution in [-0.2, 0) is 0 Å². The molecule has 4 rings (SSSR count). The van der Waals surface area contributed by atoms with Gasteiger partial charge in [-0.15, -0.1) is 33.4 Å². The van der Waals surface area contributed by atoms with Crippen LogP contribution in [0.4, 0.5) is 4.39 Å². The van der Waals surface area contributed by atoms with E-state index in [-0.39, 0.29) is 5.82 Å². The second-order valence-electron chi connectivity index (χ2n) is 5.86. The smallest absolute Gasteiger partial charge is 0.191 e. The van der Waals surface area contributed by atoms with Crippen molar-refractivity contribution in [3.8, 4) is 11.4 Å². The van der Waals surface area contributed by atoms with Crippen molar-refractivity contribution in [2.45, 2.75) is 34.8 Å². The number of rotatable bonds is 5. The van der Waals surface area contributed by atoms with E-state index in [4.69, 9.17) is 23.2 Å². The highest BCUT2D eigenvalue weighted by atomic mass is 35.5. The lowest BCUT2D eigenvalue weighted by Crippen LogP contribution is -2.02. The number of thioether (sulfide) groups is 1. The van der Waals surface area contributed by atoms with Gasteiger partial charge in [-0.05, 0) is 31.4 Å². The van der Waals surface area contributed by atoms with Crippen LogP contribution < -0.4 is 0 Å². The summed E-state index contributed by atoms with van der Waals surface area (Å²) in [6, 6.07) is 7.07. The highest BCUT2D eigenvalue weighted by Crippen LogP contribution is 2.55. The zero-order chi connectivity index (χ0) is 15.3. The molecule has 22 heavy (non-hydrogen) atoms. The summed E-state index contributed by atoms with van der Waals surface area (Å²) in [4.78, 5) is 0. The van der Waals surface area contributed by atoms with Crippen molar-refractivity contribution < 1.29 is 4.39 Å². The molecule has 7 heteroatoms. The van der Waals surface area contributed by atoms with E-state index in [9.17, 15) is 4.39 Å². The van der Waals surface area contributed by atoms with Crippen LogP contribution in [0, 0.1) is 11.7 Å². The summed E-state index contributed by atoms with van der Waals surface area (Å²) >= 11 is 13.7. The van der Waals surface area contributed by atoms with E-state index in [1.54, 1.807) is 23.9 Å². The van der Waals surface area contributed by atoms with Crippen LogP contribution in [0.15, 0.2) is 29.4 Å². The molecule has 2 aliphatic carbocycles. The van der Waals surface area contributed by atoms with E-state index in [1.165, 1.54) is 6.07 Å². The average Bonchev–Trinajstić information content (AvgIpc) is 3.38. The van der Waals surface area contributed by atoms with E-state index >= 15 is 0 Å². The summed E-state index contributed by atoms with van der Waals surface area (Å²) in [7, 11) is 0. The number of nitrogens with zero attached hydrogens (tertiary/aromatic N) is 3. The molecule has 3 nitrogen and oxygen atoms in total. The van der Waals surface area contributed by atoms with Gasteiger partial charge in [0.15, 0.2) is 11.0 Å². The Hall–Kier alpha value is -0.780. The summed E-state index contributed by atoms with van der Waals surface area (Å²) in [5.74, 6) is 1.45. The Labute approximate surface area is 142 Å². The van der Waals surface area contributed by atoms with Gasteiger partial charge >= 0.3 is 0 Å². The summed E-state index contributed by atoms with van der Waals surface area (Å²) in [6.07, 6.45) is 3.00. The Morgan fingerprint density at radius 1 is 1.27 bits per heavy atom. The Balaban J connectivity index is 1.62. The van der Waals surface area contributed by atoms with Crippen molar-refractivity contribution >= 4 is 35.0 Å². The Morgan fingerprint density at radius 2 is 2.00 bits per heavy atom. The molecule has 1 heterocycles. The Morgan fingerprint density at radius 3 is 2.64 bits per heavy atom. The Kier molecular flexibility index (Phi) is 3.62. The summed E-state index contributed by atoms with van der Waals surface area (Å²) in [5, 5.41) is 9.33. The molecule has 1 aromatic heterocycles. The molecule has 0 N–H and O–H groups in total. The molecule has 1 atom stereocenters. The lowest BCUT2D eigenvalue weighted by atomic mass is 10.2. The predicted octanol–water partition coefficient (Wildman–Crippen LogP) is 4.71. The zero-order valence-corrected chi connectivity index (χ0v) is 14.0. The first-order valence-electron chi connectivity index (χ1n) is 7.26. The molecular weight excluding hydrogens is 344 g/mol. The highest BCUT2D eigenvalue weighted by molar-refractivity contribution is 7.99. The molecule has 0 amide bonds. The van der Waals surface area contributed by atoms with Crippen molar-refractivity contribution in [2.24, 2.45) is 5.92 Å². The lowest BCUT2D eigenvalue weighted by Gasteiger charge is -2.09. The molecule has 0 bridgehead atoms. The molecule has 0 unspecified atom stereocenters. The maximum atomic E-state index is 14.1. The number of alkyl halides is 2. The monoisotopic (exact) mass is 357 g/mol. The number of aromatic nitrogens is 3. The van der Waals surface area contributed by atoms with Crippen molar-refractivity contribution in [3.63, 3.8) is 0 Å². The van der Waals surface area contributed by atoms with Crippen molar-refractivity contribution in [3.05, 3.63) is 30.1 Å². The number of hydrogen-bond donors (Lipinski definition) is 0. The van der Waals surface area contributed by atoms with Crippen LogP contribution >= 0.6 is 35.0 Å². The van der Waals surface area contributed by atoms with E-state index in [2.05, 4.69) is 14.8 Å². The minimum Gasteiger partial charge on any atom is -0.299 e. The van der Waals surface area contributed by atoms with Gasteiger partial charge in [0, 0.05) is 17.7 Å². The number of halogens is 3. The SMILES string of the molecule is Fc1ccccc1-c1nnc(SC[C@@H]2CC2(Cl)Cl)n1C1CC1. The van der Waals surface area contributed by atoms with Gasteiger partial charge in [-0.25, -0.2) is 4.39 Å². The Bertz CT molecular complexity index is 715. The summed E-state index contributed by atoms with van der Waals surface area (Å²) in [6.45, 7) is 0. The van der Waals surface area contributed by atoms with Gasteiger partial charge in [-0.3, -0.25) is 4.57 Å². The largest absolute Gasteiger partial charge is 0.299 e. The van der Waals surface area contributed by atoms with E-state index in [0.29, 0.717) is 23.3 Å². The van der Waals surface area contributed by atoms with Crippen LogP contribution in [0.5, 0.6) is 0 Å². The summed E-state index contributed by atoms with van der Waals surface area (Å²) < 4.78 is 15.5. The van der Waals surface area contributed by atoms with Crippen LogP contribution in [0.3, 0.4) is 0 Å². The zero-order valence-electron chi connectivity index (χ0n) is 11.7. The molecule has 2 aromatic rings. The molecule has 1 aromatic carbocycles. The van der Waals surface area contributed by atoms with Gasteiger partial charge in [-0.2, -0.15) is 0 Å². The van der Waals surface area contributed by atoms with Crippen LogP contribution in [0.25, 0.3) is 11.4 Å². The van der Waals surface area contributed by atoms with E-state index in [0.717, 1.165) is 30.2 Å². The molecule has 0 aliphatic heterocycles. The third-order valence-corrected chi connectivity index (χ3v) is 6.09. The molecule has 116 valence electrons. The fourth-order valence-corrected chi connectivity index (χ4v) is 4.42. The van der Waals surface area contributed by atoms with Gasteiger partial charge < -0.3 is 0 Å². The summed E-state index contributed by atoms with van der Waals surface area (Å²) in [5.41, 5.74) is 0.504. The van der Waals surface area contributed by atoms with Gasteiger partial charge in [0.05, 0.1) is 5.56 Å². The molecule has 2 saturated carbocycles. The molecule has 0 saturated heterocycles. The molecule has 0 spiro atoms. The first-order chi connectivity index (χ1) is 10.6. The van der Waals surface area contributed by atoms with E-state index in [1.807, 2.05) is 6.07 Å². The second kappa shape index (κ2) is 5.39. The van der Waals surface area contributed by atoms with Crippen molar-refractivity contribution in [1.29, 1.82) is 0 Å². The third-order valence-electron chi connectivity index (χ3n) is 4.06. The molecular formula is C15H14Cl2FN3S. The minimum absolute atomic E-state index is 0.268. The van der Waals surface area contributed by atoms with Gasteiger partial charge in [0.2, 0.25) is 0 Å². The van der Waals surface area contributed by atoms with Gasteiger partial charge in [0.25, 0.3) is 0 Å². The molecule has 2 aliphatic rings. The quantitative estimate of drug-likeness (QED) is 0.573. The van der Waals surface area contributed by atoms with Crippen LogP contribution in [0.1, 0.15) is 25.3 Å². The normalized spacial score (nSPS) is 22.8. The average molecular weight is 358 g/mol. The fourth-order valence-electron chi connectivity index (χ4n) is 2.49. The van der Waals surface area contributed by atoms with Crippen LogP contribution in [-0.4, -0.2) is 24.9 Å². The third kappa shape index (κ3) is 2.74. The van der Waals surface area contributed by atoms with Gasteiger partial charge in [0.1, 0.15) is 10.2 Å². The predicted molar refractivity (Wildman–Crippen MR) is 87.0 cm³/mol. The highest BCUT2D eigenvalue weighted by Gasteiger charge is 2.51. The topological polar surface area (TPSA) is 30.7 Å². The van der Waals surface area contributed by atoms with Crippen LogP contribution in [0.2, 0.25) is 0 Å².